The first-order valence-electron chi connectivity index (χ1n) is 3.39. The molecule has 0 saturated carbocycles. The molecule has 1 heteroatoms. The molecular formula is C7H17N. The van der Waals surface area contributed by atoms with Crippen molar-refractivity contribution in [2.45, 2.75) is 33.2 Å². The smallest absolute Gasteiger partial charge is 0.00844 e. The maximum absolute atomic E-state index is 3.25. The molecule has 1 nitrogen and oxygen atoms in total. The molecule has 0 saturated heterocycles. The Morgan fingerprint density at radius 2 is 1.88 bits per heavy atom. The number of nitrogens with one attached hydrogen (secondary N) is 1. The van der Waals surface area contributed by atoms with Crippen molar-refractivity contribution in [1.82, 2.24) is 5.32 Å². The number of hydrogen-bond acceptors (Lipinski definition) is 1. The molecule has 0 aromatic rings. The Labute approximate surface area is 52.5 Å². The molecule has 0 heterocycles. The highest BCUT2D eigenvalue weighted by molar-refractivity contribution is 4.64. The predicted octanol–water partition coefficient (Wildman–Crippen LogP) is 1.64. The zero-order valence-corrected chi connectivity index (χ0v) is 6.36. The fraction of sp³-hybridized carbons (Fsp3) is 1.00. The topological polar surface area (TPSA) is 12.0 Å². The molecule has 0 radical (unpaired) electrons. The SMILES string of the molecule is CC[C@@H](NC)C(C)C. The van der Waals surface area contributed by atoms with Gasteiger partial charge in [0.25, 0.3) is 0 Å². The lowest BCUT2D eigenvalue weighted by Crippen LogP contribution is -2.29. The fourth-order valence-electron chi connectivity index (χ4n) is 1.01. The highest BCUT2D eigenvalue weighted by Crippen LogP contribution is 2.03. The minimum absolute atomic E-state index is 0.704. The molecule has 0 amide bonds. The summed E-state index contributed by atoms with van der Waals surface area (Å²) in [5.41, 5.74) is 0. The molecule has 8 heavy (non-hydrogen) atoms. The van der Waals surface area contributed by atoms with Crippen molar-refractivity contribution in [3.63, 3.8) is 0 Å². The van der Waals surface area contributed by atoms with E-state index < -0.39 is 0 Å². The van der Waals surface area contributed by atoms with Crippen LogP contribution in [0.3, 0.4) is 0 Å². The van der Waals surface area contributed by atoms with Gasteiger partial charge in [-0.05, 0) is 19.4 Å². The first kappa shape index (κ1) is 7.96. The van der Waals surface area contributed by atoms with E-state index in [0.717, 1.165) is 5.92 Å². The lowest BCUT2D eigenvalue weighted by Gasteiger charge is -2.16. The van der Waals surface area contributed by atoms with Crippen LogP contribution in [0.15, 0.2) is 0 Å². The van der Waals surface area contributed by atoms with Crippen molar-refractivity contribution in [2.75, 3.05) is 7.05 Å². The van der Waals surface area contributed by atoms with Gasteiger partial charge in [0.15, 0.2) is 0 Å². The number of rotatable bonds is 3. The molecule has 0 fully saturated rings. The molecule has 0 rings (SSSR count). The Morgan fingerprint density at radius 3 is 1.88 bits per heavy atom. The monoisotopic (exact) mass is 115 g/mol. The van der Waals surface area contributed by atoms with Gasteiger partial charge in [0, 0.05) is 6.04 Å². The van der Waals surface area contributed by atoms with E-state index in [1.54, 1.807) is 0 Å². The molecule has 0 spiro atoms. The summed E-state index contributed by atoms with van der Waals surface area (Å²) < 4.78 is 0. The van der Waals surface area contributed by atoms with Crippen molar-refractivity contribution in [1.29, 1.82) is 0 Å². The zero-order valence-electron chi connectivity index (χ0n) is 6.36. The van der Waals surface area contributed by atoms with Gasteiger partial charge in [0.2, 0.25) is 0 Å². The Morgan fingerprint density at radius 1 is 1.38 bits per heavy atom. The van der Waals surface area contributed by atoms with Crippen LogP contribution >= 0.6 is 0 Å². The van der Waals surface area contributed by atoms with Crippen LogP contribution in [0.2, 0.25) is 0 Å². The second kappa shape index (κ2) is 3.90. The summed E-state index contributed by atoms with van der Waals surface area (Å²) in [4.78, 5) is 0. The first-order chi connectivity index (χ1) is 3.72. The fourth-order valence-corrected chi connectivity index (χ4v) is 1.01. The van der Waals surface area contributed by atoms with Crippen LogP contribution in [-0.2, 0) is 0 Å². The molecule has 50 valence electrons. The molecular weight excluding hydrogens is 98.1 g/mol. The van der Waals surface area contributed by atoms with Crippen LogP contribution in [0.1, 0.15) is 27.2 Å². The van der Waals surface area contributed by atoms with E-state index in [-0.39, 0.29) is 0 Å². The third kappa shape index (κ3) is 2.31. The molecule has 0 aliphatic rings. The van der Waals surface area contributed by atoms with Crippen LogP contribution in [-0.4, -0.2) is 13.1 Å². The summed E-state index contributed by atoms with van der Waals surface area (Å²) in [6.45, 7) is 6.69. The molecule has 0 aromatic heterocycles. The van der Waals surface area contributed by atoms with Crippen molar-refractivity contribution in [3.05, 3.63) is 0 Å². The van der Waals surface area contributed by atoms with Gasteiger partial charge in [-0.3, -0.25) is 0 Å². The molecule has 0 aliphatic heterocycles. The summed E-state index contributed by atoms with van der Waals surface area (Å²) in [5, 5.41) is 3.25. The van der Waals surface area contributed by atoms with Gasteiger partial charge in [-0.25, -0.2) is 0 Å². The first-order valence-corrected chi connectivity index (χ1v) is 3.39. The Kier molecular flexibility index (Phi) is 3.88. The van der Waals surface area contributed by atoms with Gasteiger partial charge in [-0.1, -0.05) is 20.8 Å². The molecule has 0 aliphatic carbocycles. The van der Waals surface area contributed by atoms with Crippen LogP contribution in [0.25, 0.3) is 0 Å². The lowest BCUT2D eigenvalue weighted by molar-refractivity contribution is 0.416. The maximum Gasteiger partial charge on any atom is 0.00844 e. The highest BCUT2D eigenvalue weighted by atomic mass is 14.9. The third-order valence-electron chi connectivity index (χ3n) is 1.62. The van der Waals surface area contributed by atoms with Gasteiger partial charge >= 0.3 is 0 Å². The molecule has 1 atom stereocenters. The second-order valence-electron chi connectivity index (χ2n) is 2.55. The highest BCUT2D eigenvalue weighted by Gasteiger charge is 2.05. The van der Waals surface area contributed by atoms with E-state index in [1.165, 1.54) is 6.42 Å². The molecule has 1 N–H and O–H groups in total. The summed E-state index contributed by atoms with van der Waals surface area (Å²) in [6, 6.07) is 0.704. The Hall–Kier alpha value is -0.0400. The van der Waals surface area contributed by atoms with Gasteiger partial charge < -0.3 is 5.32 Å². The van der Waals surface area contributed by atoms with E-state index >= 15 is 0 Å². The van der Waals surface area contributed by atoms with Crippen LogP contribution in [0, 0.1) is 5.92 Å². The largest absolute Gasteiger partial charge is 0.317 e. The zero-order chi connectivity index (χ0) is 6.57. The van der Waals surface area contributed by atoms with E-state index in [0.29, 0.717) is 6.04 Å². The Bertz CT molecular complexity index is 46.3. The van der Waals surface area contributed by atoms with Crippen LogP contribution in [0.5, 0.6) is 0 Å². The minimum Gasteiger partial charge on any atom is -0.317 e. The average Bonchev–Trinajstić information content (AvgIpc) is 1.69. The van der Waals surface area contributed by atoms with Crippen LogP contribution < -0.4 is 5.32 Å². The summed E-state index contributed by atoms with van der Waals surface area (Å²) in [7, 11) is 2.02. The van der Waals surface area contributed by atoms with Crippen molar-refractivity contribution < 1.29 is 0 Å². The Balaban J connectivity index is 3.35. The van der Waals surface area contributed by atoms with Gasteiger partial charge in [0.05, 0.1) is 0 Å². The third-order valence-corrected chi connectivity index (χ3v) is 1.62. The summed E-state index contributed by atoms with van der Waals surface area (Å²) in [6.07, 6.45) is 1.23. The standard InChI is InChI=1S/C7H17N/c1-5-7(8-4)6(2)3/h6-8H,5H2,1-4H3/t7-/m1/s1. The van der Waals surface area contributed by atoms with E-state index in [4.69, 9.17) is 0 Å². The molecule has 0 unspecified atom stereocenters. The second-order valence-corrected chi connectivity index (χ2v) is 2.55. The maximum atomic E-state index is 3.25. The normalized spacial score (nSPS) is 14.6. The average molecular weight is 115 g/mol. The minimum atomic E-state index is 0.704. The molecule has 0 aromatic carbocycles. The van der Waals surface area contributed by atoms with Gasteiger partial charge in [0.1, 0.15) is 0 Å². The summed E-state index contributed by atoms with van der Waals surface area (Å²) in [5.74, 6) is 0.769. The van der Waals surface area contributed by atoms with E-state index in [9.17, 15) is 0 Å². The number of hydrogen-bond donors (Lipinski definition) is 1. The quantitative estimate of drug-likeness (QED) is 0.589. The van der Waals surface area contributed by atoms with Crippen LogP contribution in [0.4, 0.5) is 0 Å². The van der Waals surface area contributed by atoms with Crippen molar-refractivity contribution >= 4 is 0 Å². The van der Waals surface area contributed by atoms with Crippen molar-refractivity contribution in [2.24, 2.45) is 5.92 Å². The molecule has 0 bridgehead atoms. The van der Waals surface area contributed by atoms with Gasteiger partial charge in [-0.15, -0.1) is 0 Å². The lowest BCUT2D eigenvalue weighted by atomic mass is 10.0. The van der Waals surface area contributed by atoms with Crippen molar-refractivity contribution in [3.8, 4) is 0 Å². The van der Waals surface area contributed by atoms with E-state index in [2.05, 4.69) is 26.1 Å². The van der Waals surface area contributed by atoms with Gasteiger partial charge in [-0.2, -0.15) is 0 Å². The van der Waals surface area contributed by atoms with E-state index in [1.807, 2.05) is 7.05 Å². The summed E-state index contributed by atoms with van der Waals surface area (Å²) >= 11 is 0. The predicted molar refractivity (Wildman–Crippen MR) is 38.0 cm³/mol.